The lowest BCUT2D eigenvalue weighted by Crippen LogP contribution is -2.37. The van der Waals surface area contributed by atoms with Crippen LogP contribution < -0.4 is 10.5 Å². The fourth-order valence-electron chi connectivity index (χ4n) is 1.39. The average Bonchev–Trinajstić information content (AvgIpc) is 2.26. The first-order valence-corrected chi connectivity index (χ1v) is 5.41. The standard InChI is InChI=1S/C11H12ClNO4/c1-15-10-3-9(13)8(12)2-7(10)11(14)17-6-4-16-5-6/h2-3,6H,4-5,13H2,1H3. The Morgan fingerprint density at radius 1 is 1.53 bits per heavy atom. The van der Waals surface area contributed by atoms with Gasteiger partial charge in [0.15, 0.2) is 0 Å². The largest absolute Gasteiger partial charge is 0.496 e. The third-order valence-corrected chi connectivity index (χ3v) is 2.75. The molecule has 2 N–H and O–H groups in total. The minimum Gasteiger partial charge on any atom is -0.496 e. The van der Waals surface area contributed by atoms with Crippen molar-refractivity contribution in [3.63, 3.8) is 0 Å². The zero-order valence-electron chi connectivity index (χ0n) is 9.23. The van der Waals surface area contributed by atoms with Gasteiger partial charge in [0.1, 0.15) is 17.4 Å². The van der Waals surface area contributed by atoms with Crippen molar-refractivity contribution >= 4 is 23.3 Å². The van der Waals surface area contributed by atoms with Gasteiger partial charge in [-0.2, -0.15) is 0 Å². The van der Waals surface area contributed by atoms with E-state index in [9.17, 15) is 4.79 Å². The highest BCUT2D eigenvalue weighted by Crippen LogP contribution is 2.29. The maximum absolute atomic E-state index is 11.8. The van der Waals surface area contributed by atoms with E-state index in [1.54, 1.807) is 0 Å². The maximum Gasteiger partial charge on any atom is 0.342 e. The molecule has 0 spiro atoms. The van der Waals surface area contributed by atoms with Crippen molar-refractivity contribution in [1.82, 2.24) is 0 Å². The summed E-state index contributed by atoms with van der Waals surface area (Å²) in [5, 5.41) is 0.294. The second-order valence-corrected chi connectivity index (χ2v) is 4.05. The Morgan fingerprint density at radius 2 is 2.24 bits per heavy atom. The molecule has 0 radical (unpaired) electrons. The Morgan fingerprint density at radius 3 is 2.76 bits per heavy atom. The van der Waals surface area contributed by atoms with Gasteiger partial charge in [-0.25, -0.2) is 4.79 Å². The van der Waals surface area contributed by atoms with E-state index >= 15 is 0 Å². The van der Waals surface area contributed by atoms with Gasteiger partial charge in [-0.15, -0.1) is 0 Å². The molecule has 6 heteroatoms. The fourth-order valence-corrected chi connectivity index (χ4v) is 1.56. The molecule has 1 aromatic rings. The molecule has 1 aliphatic rings. The Kier molecular flexibility index (Phi) is 3.40. The van der Waals surface area contributed by atoms with Crippen LogP contribution in [0.2, 0.25) is 5.02 Å². The first kappa shape index (κ1) is 12.0. The number of halogens is 1. The van der Waals surface area contributed by atoms with Crippen molar-refractivity contribution in [3.05, 3.63) is 22.7 Å². The second-order valence-electron chi connectivity index (χ2n) is 3.64. The molecule has 0 unspecified atom stereocenters. The van der Waals surface area contributed by atoms with Gasteiger partial charge in [0.05, 0.1) is 31.0 Å². The number of nitrogen functional groups attached to an aromatic ring is 1. The number of hydrogen-bond acceptors (Lipinski definition) is 5. The molecule has 92 valence electrons. The van der Waals surface area contributed by atoms with Crippen LogP contribution in [-0.2, 0) is 9.47 Å². The maximum atomic E-state index is 11.8. The minimum absolute atomic E-state index is 0.191. The Bertz CT molecular complexity index is 445. The Hall–Kier alpha value is -1.46. The van der Waals surface area contributed by atoms with E-state index < -0.39 is 5.97 Å². The average molecular weight is 258 g/mol. The molecule has 5 nitrogen and oxygen atoms in total. The van der Waals surface area contributed by atoms with Crippen molar-refractivity contribution in [1.29, 1.82) is 0 Å². The van der Waals surface area contributed by atoms with E-state index in [4.69, 9.17) is 31.5 Å². The van der Waals surface area contributed by atoms with Gasteiger partial charge < -0.3 is 19.9 Å². The summed E-state index contributed by atoms with van der Waals surface area (Å²) in [4.78, 5) is 11.8. The lowest BCUT2D eigenvalue weighted by Gasteiger charge is -2.25. The summed E-state index contributed by atoms with van der Waals surface area (Å²) in [6, 6.07) is 2.94. The van der Waals surface area contributed by atoms with Gasteiger partial charge in [0.25, 0.3) is 0 Å². The van der Waals surface area contributed by atoms with Crippen molar-refractivity contribution < 1.29 is 19.0 Å². The molecule has 1 aromatic carbocycles. The van der Waals surface area contributed by atoms with Crippen LogP contribution in [-0.4, -0.2) is 32.4 Å². The lowest BCUT2D eigenvalue weighted by molar-refractivity contribution is -0.103. The zero-order valence-corrected chi connectivity index (χ0v) is 9.99. The monoisotopic (exact) mass is 257 g/mol. The normalized spacial score (nSPS) is 15.2. The van der Waals surface area contributed by atoms with Gasteiger partial charge in [0.2, 0.25) is 0 Å². The van der Waals surface area contributed by atoms with Crippen LogP contribution in [0.3, 0.4) is 0 Å². The van der Waals surface area contributed by atoms with E-state index in [0.29, 0.717) is 29.7 Å². The molecule has 1 aliphatic heterocycles. The van der Waals surface area contributed by atoms with E-state index in [0.717, 1.165) is 0 Å². The van der Waals surface area contributed by atoms with E-state index in [2.05, 4.69) is 0 Å². The molecular weight excluding hydrogens is 246 g/mol. The molecule has 2 rings (SSSR count). The first-order valence-electron chi connectivity index (χ1n) is 5.03. The first-order chi connectivity index (χ1) is 8.11. The molecule has 0 atom stereocenters. The third kappa shape index (κ3) is 2.45. The second kappa shape index (κ2) is 4.81. The SMILES string of the molecule is COc1cc(N)c(Cl)cc1C(=O)OC1COC1. The molecule has 1 fully saturated rings. The Labute approximate surface area is 103 Å². The van der Waals surface area contributed by atoms with Crippen molar-refractivity contribution in [2.75, 3.05) is 26.1 Å². The van der Waals surface area contributed by atoms with Gasteiger partial charge in [-0.1, -0.05) is 11.6 Å². The molecule has 0 saturated carbocycles. The number of benzene rings is 1. The summed E-state index contributed by atoms with van der Waals surface area (Å²) in [7, 11) is 1.45. The Balaban J connectivity index is 2.23. The highest BCUT2D eigenvalue weighted by molar-refractivity contribution is 6.33. The number of carbonyl (C=O) groups excluding carboxylic acids is 1. The summed E-state index contributed by atoms with van der Waals surface area (Å²) in [5.41, 5.74) is 6.24. The molecule has 0 bridgehead atoms. The van der Waals surface area contributed by atoms with Gasteiger partial charge in [-0.3, -0.25) is 0 Å². The van der Waals surface area contributed by atoms with Crippen LogP contribution in [0.4, 0.5) is 5.69 Å². The highest BCUT2D eigenvalue weighted by atomic mass is 35.5. The molecule has 0 aliphatic carbocycles. The lowest BCUT2D eigenvalue weighted by atomic mass is 10.1. The van der Waals surface area contributed by atoms with Crippen molar-refractivity contribution in [2.45, 2.75) is 6.10 Å². The fraction of sp³-hybridized carbons (Fsp3) is 0.364. The number of rotatable bonds is 3. The molecule has 0 amide bonds. The number of esters is 1. The van der Waals surface area contributed by atoms with Crippen LogP contribution in [0.5, 0.6) is 5.75 Å². The number of hydrogen-bond donors (Lipinski definition) is 1. The molecule has 1 heterocycles. The van der Waals surface area contributed by atoms with Crippen LogP contribution in [0, 0.1) is 0 Å². The van der Waals surface area contributed by atoms with Crippen LogP contribution in [0.15, 0.2) is 12.1 Å². The molecule has 0 aromatic heterocycles. The van der Waals surface area contributed by atoms with E-state index in [1.165, 1.54) is 19.2 Å². The number of anilines is 1. The molecular formula is C11H12ClNO4. The summed E-state index contributed by atoms with van der Waals surface area (Å²) < 4.78 is 15.1. The minimum atomic E-state index is -0.489. The van der Waals surface area contributed by atoms with Crippen LogP contribution in [0.1, 0.15) is 10.4 Å². The van der Waals surface area contributed by atoms with Crippen molar-refractivity contribution in [3.8, 4) is 5.75 Å². The third-order valence-electron chi connectivity index (χ3n) is 2.42. The summed E-state index contributed by atoms with van der Waals surface area (Å²) in [5.74, 6) is -0.144. The topological polar surface area (TPSA) is 70.8 Å². The summed E-state index contributed by atoms with van der Waals surface area (Å²) >= 11 is 5.86. The summed E-state index contributed by atoms with van der Waals surface area (Å²) in [6.45, 7) is 0.855. The number of methoxy groups -OCH3 is 1. The van der Waals surface area contributed by atoms with Crippen LogP contribution >= 0.6 is 11.6 Å². The summed E-state index contributed by atoms with van der Waals surface area (Å²) in [6.07, 6.45) is -0.191. The van der Waals surface area contributed by atoms with E-state index in [1.807, 2.05) is 0 Å². The number of nitrogens with two attached hydrogens (primary N) is 1. The molecule has 17 heavy (non-hydrogen) atoms. The zero-order chi connectivity index (χ0) is 12.4. The van der Waals surface area contributed by atoms with Crippen LogP contribution in [0.25, 0.3) is 0 Å². The highest BCUT2D eigenvalue weighted by Gasteiger charge is 2.25. The molecule has 1 saturated heterocycles. The van der Waals surface area contributed by atoms with Crippen molar-refractivity contribution in [2.24, 2.45) is 0 Å². The van der Waals surface area contributed by atoms with Gasteiger partial charge >= 0.3 is 5.97 Å². The predicted molar refractivity (Wildman–Crippen MR) is 62.4 cm³/mol. The quantitative estimate of drug-likeness (QED) is 0.656. The van der Waals surface area contributed by atoms with Gasteiger partial charge in [-0.05, 0) is 6.07 Å². The predicted octanol–water partition coefficient (Wildman–Crippen LogP) is 1.49. The number of carbonyl (C=O) groups is 1. The number of ether oxygens (including phenoxy) is 3. The smallest absolute Gasteiger partial charge is 0.342 e. The van der Waals surface area contributed by atoms with E-state index in [-0.39, 0.29) is 11.7 Å². The van der Waals surface area contributed by atoms with Gasteiger partial charge in [0, 0.05) is 6.07 Å².